The second kappa shape index (κ2) is 5.89. The SMILES string of the molecule is CC(=O)c1ccc(N=C2C(=O)c3ccccc3C(=O)C2Cl)cc1. The minimum Gasteiger partial charge on any atom is -0.295 e. The van der Waals surface area contributed by atoms with E-state index in [0.29, 0.717) is 22.4 Å². The zero-order valence-electron chi connectivity index (χ0n) is 12.2. The number of aliphatic imine (C=N–C) groups is 1. The average Bonchev–Trinajstić information content (AvgIpc) is 2.57. The van der Waals surface area contributed by atoms with Gasteiger partial charge in [0.05, 0.1) is 5.69 Å². The van der Waals surface area contributed by atoms with Crippen LogP contribution in [-0.2, 0) is 0 Å². The van der Waals surface area contributed by atoms with Gasteiger partial charge in [-0.15, -0.1) is 11.6 Å². The maximum atomic E-state index is 12.5. The standard InChI is InChI=1S/C18H12ClNO3/c1-10(21)11-6-8-12(9-7-11)20-16-15(19)17(22)13-4-2-3-5-14(13)18(16)23/h2-9,15H,1H3. The molecule has 0 saturated carbocycles. The normalized spacial score (nSPS) is 18.9. The van der Waals surface area contributed by atoms with E-state index in [-0.39, 0.29) is 23.1 Å². The van der Waals surface area contributed by atoms with E-state index in [9.17, 15) is 14.4 Å². The Morgan fingerprint density at radius 3 is 2.22 bits per heavy atom. The molecule has 1 atom stereocenters. The Morgan fingerprint density at radius 2 is 1.61 bits per heavy atom. The van der Waals surface area contributed by atoms with Crippen molar-refractivity contribution in [2.24, 2.45) is 4.99 Å². The third kappa shape index (κ3) is 2.73. The first kappa shape index (κ1) is 15.3. The molecule has 0 fully saturated rings. The molecule has 114 valence electrons. The van der Waals surface area contributed by atoms with Crippen LogP contribution in [0.5, 0.6) is 0 Å². The zero-order chi connectivity index (χ0) is 16.6. The summed E-state index contributed by atoms with van der Waals surface area (Å²) in [4.78, 5) is 40.3. The first-order valence-electron chi connectivity index (χ1n) is 7.00. The number of benzene rings is 2. The number of hydrogen-bond donors (Lipinski definition) is 0. The van der Waals surface area contributed by atoms with E-state index in [1.54, 1.807) is 48.5 Å². The smallest absolute Gasteiger partial charge is 0.209 e. The van der Waals surface area contributed by atoms with Gasteiger partial charge in [0.25, 0.3) is 0 Å². The molecule has 0 radical (unpaired) electrons. The highest BCUT2D eigenvalue weighted by atomic mass is 35.5. The maximum absolute atomic E-state index is 12.5. The number of alkyl halides is 1. The van der Waals surface area contributed by atoms with Gasteiger partial charge in [-0.25, -0.2) is 4.99 Å². The van der Waals surface area contributed by atoms with Gasteiger partial charge in [0.15, 0.2) is 11.6 Å². The molecule has 0 N–H and O–H groups in total. The molecule has 0 saturated heterocycles. The molecular formula is C18H12ClNO3. The molecule has 5 heteroatoms. The van der Waals surface area contributed by atoms with E-state index < -0.39 is 5.38 Å². The van der Waals surface area contributed by atoms with Gasteiger partial charge in [0.2, 0.25) is 5.78 Å². The van der Waals surface area contributed by atoms with Crippen LogP contribution in [0.1, 0.15) is 38.0 Å². The van der Waals surface area contributed by atoms with Crippen molar-refractivity contribution in [2.45, 2.75) is 12.3 Å². The Bertz CT molecular complexity index is 853. The Kier molecular flexibility index (Phi) is 3.92. The molecule has 1 aliphatic carbocycles. The zero-order valence-corrected chi connectivity index (χ0v) is 13.0. The molecule has 0 bridgehead atoms. The van der Waals surface area contributed by atoms with Crippen molar-refractivity contribution in [1.29, 1.82) is 0 Å². The predicted octanol–water partition coefficient (Wildman–Crippen LogP) is 3.65. The predicted molar refractivity (Wildman–Crippen MR) is 88.3 cm³/mol. The molecule has 2 aromatic rings. The van der Waals surface area contributed by atoms with E-state index in [1.165, 1.54) is 6.92 Å². The first-order valence-corrected chi connectivity index (χ1v) is 7.44. The molecule has 0 heterocycles. The van der Waals surface area contributed by atoms with Crippen molar-refractivity contribution in [2.75, 3.05) is 0 Å². The van der Waals surface area contributed by atoms with Crippen LogP contribution in [-0.4, -0.2) is 28.4 Å². The Labute approximate surface area is 137 Å². The summed E-state index contributed by atoms with van der Waals surface area (Å²) < 4.78 is 0. The molecule has 0 amide bonds. The van der Waals surface area contributed by atoms with Gasteiger partial charge in [-0.05, 0) is 31.2 Å². The van der Waals surface area contributed by atoms with E-state index >= 15 is 0 Å². The molecule has 0 aliphatic heterocycles. The summed E-state index contributed by atoms with van der Waals surface area (Å²) >= 11 is 6.13. The number of halogens is 1. The largest absolute Gasteiger partial charge is 0.295 e. The van der Waals surface area contributed by atoms with Crippen molar-refractivity contribution in [1.82, 2.24) is 0 Å². The summed E-state index contributed by atoms with van der Waals surface area (Å²) in [7, 11) is 0. The Morgan fingerprint density at radius 1 is 1.00 bits per heavy atom. The third-order valence-electron chi connectivity index (χ3n) is 3.66. The number of rotatable bonds is 2. The highest BCUT2D eigenvalue weighted by Crippen LogP contribution is 2.25. The van der Waals surface area contributed by atoms with Crippen molar-refractivity contribution >= 4 is 40.3 Å². The number of ketones is 3. The monoisotopic (exact) mass is 325 g/mol. The van der Waals surface area contributed by atoms with Gasteiger partial charge < -0.3 is 0 Å². The summed E-state index contributed by atoms with van der Waals surface area (Å²) in [5, 5.41) is -1.11. The van der Waals surface area contributed by atoms with Gasteiger partial charge in [0, 0.05) is 16.7 Å². The van der Waals surface area contributed by atoms with Crippen LogP contribution < -0.4 is 0 Å². The average molecular weight is 326 g/mol. The number of nitrogens with zero attached hydrogens (tertiary/aromatic N) is 1. The fourth-order valence-corrected chi connectivity index (χ4v) is 2.69. The number of carbonyl (C=O) groups is 3. The van der Waals surface area contributed by atoms with Crippen LogP contribution >= 0.6 is 11.6 Å². The van der Waals surface area contributed by atoms with Gasteiger partial charge in [-0.2, -0.15) is 0 Å². The highest BCUT2D eigenvalue weighted by Gasteiger charge is 2.37. The minimum atomic E-state index is -1.11. The second-order valence-corrected chi connectivity index (χ2v) is 5.64. The van der Waals surface area contributed by atoms with Crippen LogP contribution in [0, 0.1) is 0 Å². The fraction of sp³-hybridized carbons (Fsp3) is 0.111. The summed E-state index contributed by atoms with van der Waals surface area (Å²) in [5.41, 5.74) is 1.66. The van der Waals surface area contributed by atoms with E-state index in [4.69, 9.17) is 11.6 Å². The summed E-state index contributed by atoms with van der Waals surface area (Å²) in [5.74, 6) is -0.742. The van der Waals surface area contributed by atoms with Gasteiger partial charge >= 0.3 is 0 Å². The maximum Gasteiger partial charge on any atom is 0.209 e. The molecule has 1 aliphatic rings. The van der Waals surface area contributed by atoms with Crippen LogP contribution in [0.4, 0.5) is 5.69 Å². The molecule has 23 heavy (non-hydrogen) atoms. The van der Waals surface area contributed by atoms with Crippen LogP contribution in [0.15, 0.2) is 53.5 Å². The van der Waals surface area contributed by atoms with E-state index in [2.05, 4.69) is 4.99 Å². The van der Waals surface area contributed by atoms with Crippen LogP contribution in [0.2, 0.25) is 0 Å². The lowest BCUT2D eigenvalue weighted by Crippen LogP contribution is -2.37. The third-order valence-corrected chi connectivity index (χ3v) is 4.07. The minimum absolute atomic E-state index is 0.00550. The van der Waals surface area contributed by atoms with E-state index in [0.717, 1.165) is 0 Å². The van der Waals surface area contributed by atoms with Gasteiger partial charge in [0.1, 0.15) is 11.1 Å². The molecule has 1 unspecified atom stereocenters. The second-order valence-electron chi connectivity index (χ2n) is 5.20. The number of hydrogen-bond acceptors (Lipinski definition) is 4. The molecular weight excluding hydrogens is 314 g/mol. The van der Waals surface area contributed by atoms with Gasteiger partial charge in [-0.1, -0.05) is 24.3 Å². The summed E-state index contributed by atoms with van der Waals surface area (Å²) in [6.07, 6.45) is 0. The van der Waals surface area contributed by atoms with Crippen LogP contribution in [0.3, 0.4) is 0 Å². The number of carbonyl (C=O) groups excluding carboxylic acids is 3. The Balaban J connectivity index is 2.04. The summed E-state index contributed by atoms with van der Waals surface area (Å²) in [6, 6.07) is 13.0. The quantitative estimate of drug-likeness (QED) is 0.625. The molecule has 4 nitrogen and oxygen atoms in total. The van der Waals surface area contributed by atoms with Crippen molar-refractivity contribution in [3.05, 3.63) is 65.2 Å². The van der Waals surface area contributed by atoms with Crippen molar-refractivity contribution in [3.8, 4) is 0 Å². The molecule has 2 aromatic carbocycles. The van der Waals surface area contributed by atoms with Crippen molar-refractivity contribution in [3.63, 3.8) is 0 Å². The number of fused-ring (bicyclic) bond motifs is 1. The van der Waals surface area contributed by atoms with Crippen LogP contribution in [0.25, 0.3) is 0 Å². The molecule has 0 aromatic heterocycles. The van der Waals surface area contributed by atoms with Crippen molar-refractivity contribution < 1.29 is 14.4 Å². The Hall–Kier alpha value is -2.59. The van der Waals surface area contributed by atoms with E-state index in [1.807, 2.05) is 0 Å². The lowest BCUT2D eigenvalue weighted by atomic mass is 9.88. The topological polar surface area (TPSA) is 63.6 Å². The summed E-state index contributed by atoms with van der Waals surface area (Å²) in [6.45, 7) is 1.47. The lowest BCUT2D eigenvalue weighted by molar-refractivity contribution is 0.0967. The fourth-order valence-electron chi connectivity index (χ4n) is 2.43. The lowest BCUT2D eigenvalue weighted by Gasteiger charge is -2.19. The molecule has 0 spiro atoms. The first-order chi connectivity index (χ1) is 11.0. The highest BCUT2D eigenvalue weighted by molar-refractivity contribution is 6.65. The number of Topliss-reactive ketones (excluding diaryl/α,β-unsaturated/α-hetero) is 3. The van der Waals surface area contributed by atoms with Gasteiger partial charge in [-0.3, -0.25) is 14.4 Å². The molecule has 3 rings (SSSR count).